The summed E-state index contributed by atoms with van der Waals surface area (Å²) >= 11 is 0. The SMILES string of the molecule is O=C(Nc1ccc(F)c(F)c1)[C@H](Cc1ccccc1)NS(=O)(=O)c1ccc(F)cc1. The maximum atomic E-state index is 13.4. The molecule has 3 aromatic carbocycles. The minimum Gasteiger partial charge on any atom is -0.325 e. The van der Waals surface area contributed by atoms with Crippen molar-refractivity contribution in [3.63, 3.8) is 0 Å². The first kappa shape index (κ1) is 21.5. The molecule has 1 atom stereocenters. The third kappa shape index (κ3) is 5.46. The molecule has 0 aliphatic heterocycles. The van der Waals surface area contributed by atoms with Crippen molar-refractivity contribution < 1.29 is 26.4 Å². The summed E-state index contributed by atoms with van der Waals surface area (Å²) in [6.45, 7) is 0. The summed E-state index contributed by atoms with van der Waals surface area (Å²) in [4.78, 5) is 12.5. The highest BCUT2D eigenvalue weighted by Gasteiger charge is 2.26. The van der Waals surface area contributed by atoms with E-state index < -0.39 is 39.4 Å². The van der Waals surface area contributed by atoms with Gasteiger partial charge in [0.15, 0.2) is 11.6 Å². The number of benzene rings is 3. The minimum absolute atomic E-state index is 0.00320. The van der Waals surface area contributed by atoms with Gasteiger partial charge in [0, 0.05) is 11.8 Å². The first-order chi connectivity index (χ1) is 14.2. The molecule has 0 saturated carbocycles. The molecule has 156 valence electrons. The van der Waals surface area contributed by atoms with Crippen molar-refractivity contribution in [1.82, 2.24) is 4.72 Å². The van der Waals surface area contributed by atoms with Crippen molar-refractivity contribution in [2.24, 2.45) is 0 Å². The van der Waals surface area contributed by atoms with Crippen LogP contribution in [0.3, 0.4) is 0 Å². The summed E-state index contributed by atoms with van der Waals surface area (Å²) in [6.07, 6.45) is -0.00320. The van der Waals surface area contributed by atoms with Crippen molar-refractivity contribution >= 4 is 21.6 Å². The zero-order valence-corrected chi connectivity index (χ0v) is 16.3. The fourth-order valence-electron chi connectivity index (χ4n) is 2.71. The number of nitrogens with one attached hydrogen (secondary N) is 2. The fourth-order valence-corrected chi connectivity index (χ4v) is 3.91. The molecule has 0 aliphatic carbocycles. The second kappa shape index (κ2) is 9.10. The molecule has 5 nitrogen and oxygen atoms in total. The van der Waals surface area contributed by atoms with Gasteiger partial charge in [-0.05, 0) is 48.4 Å². The van der Waals surface area contributed by atoms with Crippen molar-refractivity contribution in [2.45, 2.75) is 17.4 Å². The van der Waals surface area contributed by atoms with Crippen LogP contribution in [0.15, 0.2) is 77.7 Å². The number of hydrogen-bond donors (Lipinski definition) is 2. The Hall–Kier alpha value is -3.17. The first-order valence-corrected chi connectivity index (χ1v) is 10.3. The fraction of sp³-hybridized carbons (Fsp3) is 0.0952. The number of amides is 1. The predicted molar refractivity (Wildman–Crippen MR) is 106 cm³/mol. The maximum Gasteiger partial charge on any atom is 0.242 e. The molecule has 0 fully saturated rings. The van der Waals surface area contributed by atoms with Crippen molar-refractivity contribution in [2.75, 3.05) is 5.32 Å². The number of sulfonamides is 1. The lowest BCUT2D eigenvalue weighted by molar-refractivity contribution is -0.117. The molecule has 9 heteroatoms. The average Bonchev–Trinajstić information content (AvgIpc) is 2.71. The monoisotopic (exact) mass is 434 g/mol. The van der Waals surface area contributed by atoms with Gasteiger partial charge in [-0.3, -0.25) is 4.79 Å². The van der Waals surface area contributed by atoms with Gasteiger partial charge in [0.1, 0.15) is 11.9 Å². The lowest BCUT2D eigenvalue weighted by Gasteiger charge is -2.19. The Balaban J connectivity index is 1.86. The largest absolute Gasteiger partial charge is 0.325 e. The predicted octanol–water partition coefficient (Wildman–Crippen LogP) is 3.63. The van der Waals surface area contributed by atoms with Crippen LogP contribution in [0.25, 0.3) is 0 Å². The van der Waals surface area contributed by atoms with Gasteiger partial charge >= 0.3 is 0 Å². The highest BCUT2D eigenvalue weighted by atomic mass is 32.2. The summed E-state index contributed by atoms with van der Waals surface area (Å²) < 4.78 is 67.3. The van der Waals surface area contributed by atoms with Gasteiger partial charge in [0.2, 0.25) is 15.9 Å². The Morgan fingerprint density at radius 3 is 2.17 bits per heavy atom. The lowest BCUT2D eigenvalue weighted by atomic mass is 10.1. The molecule has 0 aromatic heterocycles. The van der Waals surface area contributed by atoms with E-state index >= 15 is 0 Å². The third-order valence-electron chi connectivity index (χ3n) is 4.21. The molecule has 0 unspecified atom stereocenters. The smallest absolute Gasteiger partial charge is 0.242 e. The number of carbonyl (C=O) groups is 1. The second-order valence-electron chi connectivity index (χ2n) is 6.44. The van der Waals surface area contributed by atoms with E-state index in [0.29, 0.717) is 5.56 Å². The molecular weight excluding hydrogens is 417 g/mol. The second-order valence-corrected chi connectivity index (χ2v) is 8.15. The highest BCUT2D eigenvalue weighted by molar-refractivity contribution is 7.89. The minimum atomic E-state index is -4.16. The number of halogens is 3. The van der Waals surface area contributed by atoms with Gasteiger partial charge in [0.05, 0.1) is 4.90 Å². The van der Waals surface area contributed by atoms with Crippen LogP contribution in [0.2, 0.25) is 0 Å². The van der Waals surface area contributed by atoms with Crippen LogP contribution in [0.4, 0.5) is 18.9 Å². The standard InChI is InChI=1S/C21H17F3N2O3S/c22-15-6-9-17(10-7-15)30(28,29)26-20(12-14-4-2-1-3-5-14)21(27)25-16-8-11-18(23)19(24)13-16/h1-11,13,20,26H,12H2,(H,25,27)/t20-/m0/s1. The number of rotatable bonds is 7. The molecule has 0 spiro atoms. The van der Waals surface area contributed by atoms with E-state index in [1.165, 1.54) is 0 Å². The van der Waals surface area contributed by atoms with Gasteiger partial charge in [-0.1, -0.05) is 30.3 Å². The normalized spacial score (nSPS) is 12.4. The Labute approximate surface area is 171 Å². The van der Waals surface area contributed by atoms with E-state index in [2.05, 4.69) is 10.0 Å². The number of carbonyl (C=O) groups excluding carboxylic acids is 1. The van der Waals surface area contributed by atoms with Gasteiger partial charge in [0.25, 0.3) is 0 Å². The molecular formula is C21H17F3N2O3S. The summed E-state index contributed by atoms with van der Waals surface area (Å²) in [7, 11) is -4.16. The van der Waals surface area contributed by atoms with Crippen LogP contribution in [-0.2, 0) is 21.2 Å². The van der Waals surface area contributed by atoms with E-state index in [-0.39, 0.29) is 17.0 Å². The van der Waals surface area contributed by atoms with E-state index in [0.717, 1.165) is 42.5 Å². The van der Waals surface area contributed by atoms with Crippen LogP contribution >= 0.6 is 0 Å². The molecule has 3 rings (SSSR count). The van der Waals surface area contributed by atoms with Gasteiger partial charge in [-0.15, -0.1) is 0 Å². The molecule has 0 radical (unpaired) electrons. The molecule has 0 heterocycles. The molecule has 0 aliphatic rings. The van der Waals surface area contributed by atoms with E-state index in [1.54, 1.807) is 30.3 Å². The van der Waals surface area contributed by atoms with Crippen LogP contribution in [0.5, 0.6) is 0 Å². The molecule has 0 saturated heterocycles. The molecule has 2 N–H and O–H groups in total. The van der Waals surface area contributed by atoms with Crippen molar-refractivity contribution in [3.05, 3.63) is 95.8 Å². The zero-order valence-electron chi connectivity index (χ0n) is 15.5. The molecule has 30 heavy (non-hydrogen) atoms. The molecule has 0 bridgehead atoms. The van der Waals surface area contributed by atoms with Crippen LogP contribution < -0.4 is 10.0 Å². The number of hydrogen-bond acceptors (Lipinski definition) is 3. The van der Waals surface area contributed by atoms with E-state index in [4.69, 9.17) is 0 Å². The Bertz CT molecular complexity index is 1140. The van der Waals surface area contributed by atoms with Gasteiger partial charge in [-0.2, -0.15) is 4.72 Å². The van der Waals surface area contributed by atoms with Gasteiger partial charge < -0.3 is 5.32 Å². The quantitative estimate of drug-likeness (QED) is 0.596. The zero-order chi connectivity index (χ0) is 21.7. The number of anilines is 1. The highest BCUT2D eigenvalue weighted by Crippen LogP contribution is 2.16. The maximum absolute atomic E-state index is 13.4. The average molecular weight is 434 g/mol. The van der Waals surface area contributed by atoms with Crippen LogP contribution in [0, 0.1) is 17.5 Å². The first-order valence-electron chi connectivity index (χ1n) is 8.82. The Morgan fingerprint density at radius 2 is 1.53 bits per heavy atom. The summed E-state index contributed by atoms with van der Waals surface area (Å²) in [5.74, 6) is -3.61. The van der Waals surface area contributed by atoms with Crippen molar-refractivity contribution in [1.29, 1.82) is 0 Å². The van der Waals surface area contributed by atoms with E-state index in [1.807, 2.05) is 0 Å². The summed E-state index contributed by atoms with van der Waals surface area (Å²) in [5, 5.41) is 2.38. The van der Waals surface area contributed by atoms with E-state index in [9.17, 15) is 26.4 Å². The molecule has 1 amide bonds. The Morgan fingerprint density at radius 1 is 0.867 bits per heavy atom. The van der Waals surface area contributed by atoms with Crippen molar-refractivity contribution in [3.8, 4) is 0 Å². The summed E-state index contributed by atoms with van der Waals surface area (Å²) in [6, 6.07) is 14.3. The van der Waals surface area contributed by atoms with Gasteiger partial charge in [-0.25, -0.2) is 21.6 Å². The topological polar surface area (TPSA) is 75.3 Å². The Kier molecular flexibility index (Phi) is 6.53. The van der Waals surface area contributed by atoms with Crippen LogP contribution in [0.1, 0.15) is 5.56 Å². The van der Waals surface area contributed by atoms with Crippen LogP contribution in [-0.4, -0.2) is 20.4 Å². The third-order valence-corrected chi connectivity index (χ3v) is 5.70. The lowest BCUT2D eigenvalue weighted by Crippen LogP contribution is -2.45. The molecule has 3 aromatic rings. The summed E-state index contributed by atoms with van der Waals surface area (Å²) in [5.41, 5.74) is 0.641.